The maximum atomic E-state index is 12.4. The van der Waals surface area contributed by atoms with Gasteiger partial charge in [0.1, 0.15) is 0 Å². The molecule has 32 heavy (non-hydrogen) atoms. The zero-order valence-electron chi connectivity index (χ0n) is 18.5. The first-order chi connectivity index (χ1) is 15.5. The Morgan fingerprint density at radius 1 is 1.19 bits per heavy atom. The average molecular weight is 434 g/mol. The molecule has 168 valence electrons. The fourth-order valence-corrected chi connectivity index (χ4v) is 4.07. The first kappa shape index (κ1) is 22.2. The topological polar surface area (TPSA) is 83.7 Å². The van der Waals surface area contributed by atoms with Crippen molar-refractivity contribution in [3.8, 4) is 0 Å². The van der Waals surface area contributed by atoms with Gasteiger partial charge in [-0.2, -0.15) is 0 Å². The van der Waals surface area contributed by atoms with Crippen LogP contribution >= 0.6 is 0 Å². The van der Waals surface area contributed by atoms with Crippen molar-refractivity contribution in [2.75, 3.05) is 38.7 Å². The van der Waals surface area contributed by atoms with Gasteiger partial charge in [-0.25, -0.2) is 5.84 Å². The summed E-state index contributed by atoms with van der Waals surface area (Å²) < 4.78 is 5.41. The zero-order valence-corrected chi connectivity index (χ0v) is 18.5. The van der Waals surface area contributed by atoms with Gasteiger partial charge in [0.15, 0.2) is 0 Å². The van der Waals surface area contributed by atoms with Crippen LogP contribution in [0.2, 0.25) is 0 Å². The number of nitrogens with one attached hydrogen (secondary N) is 1. The molecule has 2 aromatic rings. The molecule has 1 amide bonds. The number of pyridine rings is 1. The minimum atomic E-state index is -0.184. The van der Waals surface area contributed by atoms with E-state index in [0.29, 0.717) is 5.41 Å². The van der Waals surface area contributed by atoms with Crippen molar-refractivity contribution >= 4 is 23.7 Å². The lowest BCUT2D eigenvalue weighted by Gasteiger charge is -2.47. The lowest BCUT2D eigenvalue weighted by atomic mass is 9.77. The highest BCUT2D eigenvalue weighted by Crippen LogP contribution is 2.38. The third kappa shape index (κ3) is 5.82. The maximum Gasteiger partial charge on any atom is 0.248 e. The summed E-state index contributed by atoms with van der Waals surface area (Å²) in [5.74, 6) is 5.44. The predicted octanol–water partition coefficient (Wildman–Crippen LogP) is 3.12. The molecule has 0 saturated carbocycles. The van der Waals surface area contributed by atoms with Crippen LogP contribution in [-0.4, -0.2) is 54.2 Å². The minimum absolute atomic E-state index is 0.184. The van der Waals surface area contributed by atoms with Crippen molar-refractivity contribution < 1.29 is 9.53 Å². The highest BCUT2D eigenvalue weighted by atomic mass is 16.5. The van der Waals surface area contributed by atoms with Crippen LogP contribution in [0.15, 0.2) is 55.0 Å². The van der Waals surface area contributed by atoms with Crippen LogP contribution in [0.1, 0.15) is 29.5 Å². The standard InChI is InChI=1S/C25H31N5O2/c1-29(26)13-9-21-8-12-27-16-22(21)4-7-24(31)28-23-5-2-20(3-6-23)17-30-14-10-25(11-15-30)18-32-19-25/h2-9,12-13,16H,10-11,14-15,17-19,26H2,1H3,(H,28,31)/b7-4+,13-9+. The van der Waals surface area contributed by atoms with Crippen LogP contribution in [0.4, 0.5) is 5.69 Å². The Kier molecular flexibility index (Phi) is 6.99. The fourth-order valence-electron chi connectivity index (χ4n) is 4.07. The molecule has 1 aromatic carbocycles. The van der Waals surface area contributed by atoms with Crippen LogP contribution in [-0.2, 0) is 16.1 Å². The molecule has 2 aliphatic heterocycles. The molecule has 3 heterocycles. The minimum Gasteiger partial charge on any atom is -0.380 e. The third-order valence-corrected chi connectivity index (χ3v) is 6.15. The number of amides is 1. The predicted molar refractivity (Wildman–Crippen MR) is 127 cm³/mol. The summed E-state index contributed by atoms with van der Waals surface area (Å²) in [5, 5.41) is 4.39. The molecule has 3 N–H and O–H groups in total. The van der Waals surface area contributed by atoms with Gasteiger partial charge in [-0.05, 0) is 67.4 Å². The number of aromatic nitrogens is 1. The lowest BCUT2D eigenvalue weighted by molar-refractivity contribution is -0.140. The molecule has 0 atom stereocenters. The summed E-state index contributed by atoms with van der Waals surface area (Å²) in [6.45, 7) is 5.07. The first-order valence-corrected chi connectivity index (χ1v) is 11.0. The SMILES string of the molecule is CN(N)/C=C/c1ccncc1/C=C/C(=O)Nc1ccc(CN2CCC3(CC2)COC3)cc1. The van der Waals surface area contributed by atoms with Crippen LogP contribution < -0.4 is 11.2 Å². The number of benzene rings is 1. The number of ether oxygens (including phenoxy) is 1. The van der Waals surface area contributed by atoms with Crippen molar-refractivity contribution in [2.24, 2.45) is 11.3 Å². The number of nitrogens with two attached hydrogens (primary N) is 1. The number of rotatable bonds is 7. The Bertz CT molecular complexity index is 970. The number of nitrogens with zero attached hydrogens (tertiary/aromatic N) is 3. The molecule has 7 nitrogen and oxygen atoms in total. The zero-order chi connectivity index (χ0) is 22.4. The van der Waals surface area contributed by atoms with Gasteiger partial charge in [-0.1, -0.05) is 12.1 Å². The normalized spacial score (nSPS) is 18.2. The highest BCUT2D eigenvalue weighted by Gasteiger charge is 2.40. The molecule has 1 spiro atoms. The number of anilines is 1. The molecular formula is C25H31N5O2. The van der Waals surface area contributed by atoms with Crippen molar-refractivity contribution in [3.05, 3.63) is 71.7 Å². The number of carbonyl (C=O) groups is 1. The van der Waals surface area contributed by atoms with Crippen LogP contribution in [0, 0.1) is 5.41 Å². The van der Waals surface area contributed by atoms with E-state index in [9.17, 15) is 4.79 Å². The van der Waals surface area contributed by atoms with Crippen LogP contribution in [0.3, 0.4) is 0 Å². The molecule has 0 aliphatic carbocycles. The smallest absolute Gasteiger partial charge is 0.248 e. The third-order valence-electron chi connectivity index (χ3n) is 6.15. The van der Waals surface area contributed by atoms with Gasteiger partial charge in [0, 0.05) is 54.9 Å². The second kappa shape index (κ2) is 10.1. The van der Waals surface area contributed by atoms with Crippen molar-refractivity contribution in [3.63, 3.8) is 0 Å². The lowest BCUT2D eigenvalue weighted by Crippen LogP contribution is -2.50. The number of hydrogen-bond acceptors (Lipinski definition) is 6. The number of piperidine rings is 1. The van der Waals surface area contributed by atoms with Crippen molar-refractivity contribution in [1.29, 1.82) is 0 Å². The highest BCUT2D eigenvalue weighted by molar-refractivity contribution is 6.02. The fraction of sp³-hybridized carbons (Fsp3) is 0.360. The maximum absolute atomic E-state index is 12.4. The number of carbonyl (C=O) groups excluding carboxylic acids is 1. The van der Waals surface area contributed by atoms with E-state index in [-0.39, 0.29) is 5.91 Å². The van der Waals surface area contributed by atoms with Gasteiger partial charge >= 0.3 is 0 Å². The van der Waals surface area contributed by atoms with E-state index < -0.39 is 0 Å². The quantitative estimate of drug-likeness (QED) is 0.397. The Morgan fingerprint density at radius 2 is 1.94 bits per heavy atom. The number of hydrazine groups is 1. The molecule has 1 aromatic heterocycles. The molecule has 0 unspecified atom stereocenters. The van der Waals surface area contributed by atoms with E-state index in [0.717, 1.165) is 49.7 Å². The Balaban J connectivity index is 1.29. The molecule has 2 aliphatic rings. The van der Waals surface area contributed by atoms with Gasteiger partial charge in [0.05, 0.1) is 13.2 Å². The molecule has 4 rings (SSSR count). The van der Waals surface area contributed by atoms with E-state index >= 15 is 0 Å². The summed E-state index contributed by atoms with van der Waals surface area (Å²) in [6.07, 6.45) is 12.8. The van der Waals surface area contributed by atoms with Gasteiger partial charge < -0.3 is 15.1 Å². The number of hydrogen-bond donors (Lipinski definition) is 2. The van der Waals surface area contributed by atoms with Gasteiger partial charge in [0.25, 0.3) is 0 Å². The molecule has 7 heteroatoms. The molecule has 0 radical (unpaired) electrons. The summed E-state index contributed by atoms with van der Waals surface area (Å²) >= 11 is 0. The largest absolute Gasteiger partial charge is 0.380 e. The Morgan fingerprint density at radius 3 is 2.59 bits per heavy atom. The first-order valence-electron chi connectivity index (χ1n) is 11.0. The van der Waals surface area contributed by atoms with E-state index in [2.05, 4.69) is 27.3 Å². The second-order valence-electron chi connectivity index (χ2n) is 8.77. The van der Waals surface area contributed by atoms with E-state index in [1.807, 2.05) is 24.3 Å². The Labute approximate surface area is 189 Å². The van der Waals surface area contributed by atoms with Gasteiger partial charge in [-0.3, -0.25) is 14.7 Å². The number of likely N-dealkylation sites (tertiary alicyclic amines) is 1. The second-order valence-corrected chi connectivity index (χ2v) is 8.77. The van der Waals surface area contributed by atoms with Crippen LogP contribution in [0.5, 0.6) is 0 Å². The van der Waals surface area contributed by atoms with Gasteiger partial charge in [-0.15, -0.1) is 0 Å². The van der Waals surface area contributed by atoms with Crippen molar-refractivity contribution in [1.82, 2.24) is 14.9 Å². The average Bonchev–Trinajstić information content (AvgIpc) is 2.77. The summed E-state index contributed by atoms with van der Waals surface area (Å²) in [6, 6.07) is 9.97. The van der Waals surface area contributed by atoms with E-state index in [1.165, 1.54) is 29.5 Å². The molecule has 0 bridgehead atoms. The molecular weight excluding hydrogens is 402 g/mol. The summed E-state index contributed by atoms with van der Waals surface area (Å²) in [7, 11) is 1.75. The Hall–Kier alpha value is -3.00. The van der Waals surface area contributed by atoms with E-state index in [1.54, 1.807) is 31.7 Å². The van der Waals surface area contributed by atoms with E-state index in [4.69, 9.17) is 10.6 Å². The summed E-state index contributed by atoms with van der Waals surface area (Å²) in [4.78, 5) is 19.0. The van der Waals surface area contributed by atoms with Crippen molar-refractivity contribution in [2.45, 2.75) is 19.4 Å². The summed E-state index contributed by atoms with van der Waals surface area (Å²) in [5.41, 5.74) is 4.28. The molecule has 2 saturated heterocycles. The van der Waals surface area contributed by atoms with Gasteiger partial charge in [0.2, 0.25) is 5.91 Å². The molecule has 2 fully saturated rings. The van der Waals surface area contributed by atoms with Crippen LogP contribution in [0.25, 0.3) is 12.2 Å². The monoisotopic (exact) mass is 433 g/mol.